The molecule has 0 spiro atoms. The average molecular weight is 328 g/mol. The molecule has 18 heavy (non-hydrogen) atoms. The van der Waals surface area contributed by atoms with Crippen LogP contribution in [0.2, 0.25) is 0 Å². The average Bonchev–Trinajstić information content (AvgIpc) is 2.88. The Morgan fingerprint density at radius 3 is 2.94 bits per heavy atom. The van der Waals surface area contributed by atoms with Gasteiger partial charge in [-0.05, 0) is 27.9 Å². The zero-order valence-corrected chi connectivity index (χ0v) is 12.7. The quantitative estimate of drug-likeness (QED) is 0.792. The summed E-state index contributed by atoms with van der Waals surface area (Å²) in [6.45, 7) is 5.02. The highest BCUT2D eigenvalue weighted by Gasteiger charge is 2.14. The molecule has 0 aromatic carbocycles. The molecule has 0 saturated heterocycles. The molecule has 0 radical (unpaired) electrons. The van der Waals surface area contributed by atoms with E-state index in [1.54, 1.807) is 0 Å². The van der Waals surface area contributed by atoms with Gasteiger partial charge in [-0.1, -0.05) is 13.8 Å². The summed E-state index contributed by atoms with van der Waals surface area (Å²) < 4.78 is 2.78. The number of nitrogens with zero attached hydrogens (tertiary/aromatic N) is 3. The summed E-state index contributed by atoms with van der Waals surface area (Å²) in [6.07, 6.45) is 1.81. The van der Waals surface area contributed by atoms with Gasteiger partial charge in [0, 0.05) is 17.5 Å². The summed E-state index contributed by atoms with van der Waals surface area (Å²) in [5.41, 5.74) is 0.728. The van der Waals surface area contributed by atoms with Crippen molar-refractivity contribution in [1.29, 1.82) is 0 Å². The highest BCUT2D eigenvalue weighted by Crippen LogP contribution is 2.21. The molecule has 0 amide bonds. The lowest BCUT2D eigenvalue weighted by Gasteiger charge is -2.07. The largest absolute Gasteiger partial charge is 0.294 e. The molecule has 2 aromatic heterocycles. The summed E-state index contributed by atoms with van der Waals surface area (Å²) in [7, 11) is 0. The number of rotatable bonds is 5. The van der Waals surface area contributed by atoms with Crippen molar-refractivity contribution in [2.75, 3.05) is 0 Å². The van der Waals surface area contributed by atoms with Gasteiger partial charge in [0.05, 0.1) is 10.2 Å². The summed E-state index contributed by atoms with van der Waals surface area (Å²) in [5.74, 6) is 1.29. The Morgan fingerprint density at radius 1 is 1.56 bits per heavy atom. The Kier molecular flexibility index (Phi) is 4.29. The number of carbonyl (C=O) groups is 1. The molecule has 6 heteroatoms. The number of ketones is 1. The topological polar surface area (TPSA) is 47.8 Å². The van der Waals surface area contributed by atoms with Gasteiger partial charge in [0.1, 0.15) is 12.2 Å². The van der Waals surface area contributed by atoms with Crippen molar-refractivity contribution in [3.05, 3.63) is 32.9 Å². The Bertz CT molecular complexity index is 547. The van der Waals surface area contributed by atoms with Crippen LogP contribution in [0.1, 0.15) is 30.0 Å². The van der Waals surface area contributed by atoms with Crippen molar-refractivity contribution in [2.45, 2.75) is 26.8 Å². The van der Waals surface area contributed by atoms with Crippen molar-refractivity contribution in [3.8, 4) is 0 Å². The van der Waals surface area contributed by atoms with E-state index in [0.717, 1.165) is 21.7 Å². The minimum atomic E-state index is 0.0787. The molecule has 96 valence electrons. The zero-order chi connectivity index (χ0) is 13.1. The summed E-state index contributed by atoms with van der Waals surface area (Å²) in [6, 6.07) is 1.84. The third-order valence-electron chi connectivity index (χ3n) is 2.44. The fourth-order valence-corrected chi connectivity index (χ4v) is 2.79. The Balaban J connectivity index is 2.10. The van der Waals surface area contributed by atoms with Gasteiger partial charge in [-0.25, -0.2) is 9.67 Å². The van der Waals surface area contributed by atoms with E-state index in [9.17, 15) is 4.79 Å². The first-order chi connectivity index (χ1) is 8.56. The monoisotopic (exact) mass is 327 g/mol. The van der Waals surface area contributed by atoms with E-state index < -0.39 is 0 Å². The van der Waals surface area contributed by atoms with Crippen LogP contribution < -0.4 is 0 Å². The number of hydrogen-bond donors (Lipinski definition) is 0. The molecule has 0 aliphatic heterocycles. The van der Waals surface area contributed by atoms with Gasteiger partial charge in [-0.15, -0.1) is 11.3 Å². The van der Waals surface area contributed by atoms with Gasteiger partial charge >= 0.3 is 0 Å². The van der Waals surface area contributed by atoms with Gasteiger partial charge in [-0.2, -0.15) is 5.10 Å². The first kappa shape index (κ1) is 13.4. The van der Waals surface area contributed by atoms with Crippen LogP contribution in [0.3, 0.4) is 0 Å². The van der Waals surface area contributed by atoms with E-state index in [-0.39, 0.29) is 5.78 Å². The number of hydrogen-bond acceptors (Lipinski definition) is 4. The van der Waals surface area contributed by atoms with Crippen molar-refractivity contribution in [2.24, 2.45) is 5.92 Å². The van der Waals surface area contributed by atoms with E-state index >= 15 is 0 Å². The normalized spacial score (nSPS) is 11.1. The maximum atomic E-state index is 12.1. The highest BCUT2D eigenvalue weighted by molar-refractivity contribution is 9.11. The Hall–Kier alpha value is -1.01. The maximum Gasteiger partial charge on any atom is 0.171 e. The molecule has 4 nitrogen and oxygen atoms in total. The number of halogens is 1. The second kappa shape index (κ2) is 5.75. The standard InChI is InChI=1S/C12H14BrN3OS/c1-8(2)5-16-12(14-7-15-16)4-10(17)9-3-11(13)18-6-9/h3,6-8H,4-5H2,1-2H3. The molecule has 2 aromatic rings. The van der Waals surface area contributed by atoms with Crippen LogP contribution in [0, 0.1) is 5.92 Å². The molecule has 0 bridgehead atoms. The summed E-state index contributed by atoms with van der Waals surface area (Å²) >= 11 is 4.87. The van der Waals surface area contributed by atoms with Crippen LogP contribution in [0.5, 0.6) is 0 Å². The third kappa shape index (κ3) is 3.26. The SMILES string of the molecule is CC(C)Cn1ncnc1CC(=O)c1csc(Br)c1. The fraction of sp³-hybridized carbons (Fsp3) is 0.417. The lowest BCUT2D eigenvalue weighted by Crippen LogP contribution is -2.14. The van der Waals surface area contributed by atoms with Crippen molar-refractivity contribution in [3.63, 3.8) is 0 Å². The second-order valence-corrected chi connectivity index (χ2v) is 6.78. The number of carbonyl (C=O) groups excluding carboxylic acids is 1. The van der Waals surface area contributed by atoms with Crippen LogP contribution in [0.25, 0.3) is 0 Å². The zero-order valence-electron chi connectivity index (χ0n) is 10.3. The minimum absolute atomic E-state index is 0.0787. The molecule has 2 heterocycles. The van der Waals surface area contributed by atoms with E-state index in [2.05, 4.69) is 39.9 Å². The van der Waals surface area contributed by atoms with Gasteiger partial charge < -0.3 is 0 Å². The van der Waals surface area contributed by atoms with Gasteiger partial charge in [-0.3, -0.25) is 4.79 Å². The molecule has 0 saturated carbocycles. The van der Waals surface area contributed by atoms with Crippen molar-refractivity contribution in [1.82, 2.24) is 14.8 Å². The minimum Gasteiger partial charge on any atom is -0.294 e. The molecule has 0 atom stereocenters. The van der Waals surface area contributed by atoms with E-state index in [1.807, 2.05) is 16.1 Å². The predicted molar refractivity (Wildman–Crippen MR) is 74.9 cm³/mol. The Morgan fingerprint density at radius 2 is 2.33 bits per heavy atom. The van der Waals surface area contributed by atoms with Gasteiger partial charge in [0.2, 0.25) is 0 Å². The first-order valence-electron chi connectivity index (χ1n) is 5.70. The molecule has 0 aliphatic rings. The first-order valence-corrected chi connectivity index (χ1v) is 7.37. The van der Waals surface area contributed by atoms with Crippen molar-refractivity contribution < 1.29 is 4.79 Å². The van der Waals surface area contributed by atoms with Gasteiger partial charge in [0.15, 0.2) is 5.78 Å². The molecule has 0 N–H and O–H groups in total. The Labute approximate surface area is 118 Å². The van der Waals surface area contributed by atoms with E-state index in [1.165, 1.54) is 17.7 Å². The molecular weight excluding hydrogens is 314 g/mol. The van der Waals surface area contributed by atoms with E-state index in [4.69, 9.17) is 0 Å². The summed E-state index contributed by atoms with van der Waals surface area (Å²) in [5, 5.41) is 6.01. The third-order valence-corrected chi connectivity index (χ3v) is 3.95. The molecule has 0 unspecified atom stereocenters. The lowest BCUT2D eigenvalue weighted by atomic mass is 10.1. The van der Waals surface area contributed by atoms with Crippen LogP contribution in [0.15, 0.2) is 21.6 Å². The smallest absolute Gasteiger partial charge is 0.171 e. The predicted octanol–water partition coefficient (Wildman–Crippen LogP) is 3.18. The number of aromatic nitrogens is 3. The van der Waals surface area contributed by atoms with Crippen LogP contribution in [-0.4, -0.2) is 20.5 Å². The molecule has 2 rings (SSSR count). The van der Waals surface area contributed by atoms with Crippen LogP contribution >= 0.6 is 27.3 Å². The van der Waals surface area contributed by atoms with Crippen LogP contribution in [0.4, 0.5) is 0 Å². The van der Waals surface area contributed by atoms with Crippen molar-refractivity contribution >= 4 is 33.0 Å². The molecule has 0 fully saturated rings. The van der Waals surface area contributed by atoms with Gasteiger partial charge in [0.25, 0.3) is 0 Å². The van der Waals surface area contributed by atoms with Crippen LogP contribution in [-0.2, 0) is 13.0 Å². The fourth-order valence-electron chi connectivity index (χ4n) is 1.63. The number of Topliss-reactive ketones (excluding diaryl/α,β-unsaturated/α-hetero) is 1. The van der Waals surface area contributed by atoms with E-state index in [0.29, 0.717) is 12.3 Å². The number of thiophene rings is 1. The lowest BCUT2D eigenvalue weighted by molar-refractivity contribution is 0.0989. The maximum absolute atomic E-state index is 12.1. The highest BCUT2D eigenvalue weighted by atomic mass is 79.9. The molecule has 0 aliphatic carbocycles. The second-order valence-electron chi connectivity index (χ2n) is 4.49. The molecular formula is C12H14BrN3OS. The summed E-state index contributed by atoms with van der Waals surface area (Å²) in [4.78, 5) is 16.2.